The van der Waals surface area contributed by atoms with Crippen LogP contribution in [0.25, 0.3) is 0 Å². The van der Waals surface area contributed by atoms with E-state index in [1.165, 1.54) is 18.7 Å². The van der Waals surface area contributed by atoms with E-state index in [9.17, 15) is 4.79 Å². The van der Waals surface area contributed by atoms with Crippen LogP contribution in [0.3, 0.4) is 0 Å². The highest BCUT2D eigenvalue weighted by atomic mass is 32.1. The summed E-state index contributed by atoms with van der Waals surface area (Å²) in [5.41, 5.74) is 0.488. The molecule has 1 rings (SSSR count). The molecule has 5 nitrogen and oxygen atoms in total. The van der Waals surface area contributed by atoms with Gasteiger partial charge in [0.25, 0.3) is 5.17 Å². The van der Waals surface area contributed by atoms with Gasteiger partial charge in [0.1, 0.15) is 6.33 Å². The van der Waals surface area contributed by atoms with Crippen LogP contribution in [-0.4, -0.2) is 46.5 Å². The lowest BCUT2D eigenvalue weighted by atomic mass is 10.2. The molecule has 0 fully saturated rings. The quantitative estimate of drug-likeness (QED) is 0.575. The van der Waals surface area contributed by atoms with Gasteiger partial charge in [-0.2, -0.15) is 0 Å². The average Bonchev–Trinajstić information content (AvgIpc) is 2.29. The van der Waals surface area contributed by atoms with E-state index < -0.39 is 0 Å². The first-order valence-corrected chi connectivity index (χ1v) is 5.14. The van der Waals surface area contributed by atoms with Gasteiger partial charge in [-0.1, -0.05) is 0 Å². The molecule has 0 aliphatic rings. The Morgan fingerprint density at radius 2 is 2.06 bits per heavy atom. The van der Waals surface area contributed by atoms with E-state index in [2.05, 4.69) is 9.97 Å². The summed E-state index contributed by atoms with van der Waals surface area (Å²) >= 11 is 4.91. The summed E-state index contributed by atoms with van der Waals surface area (Å²) in [5, 5.41) is 0.372. The van der Waals surface area contributed by atoms with Crippen LogP contribution in [0, 0.1) is 0 Å². The van der Waals surface area contributed by atoms with Crippen LogP contribution >= 0.6 is 12.2 Å². The maximum atomic E-state index is 11.6. The average molecular weight is 239 g/mol. The fourth-order valence-electron chi connectivity index (χ4n) is 0.948. The Balaban J connectivity index is 2.34. The molecule has 0 saturated heterocycles. The fourth-order valence-corrected chi connectivity index (χ4v) is 1.03. The summed E-state index contributed by atoms with van der Waals surface area (Å²) in [6, 6.07) is 0. The standard InChI is InChI=1S/C10H13N3O2S/c1-13(2)10(16)15-4-3-9(14)8-5-11-7-12-6-8/h5-7H,3-4H2,1-2H3. The molecule has 0 aliphatic carbocycles. The van der Waals surface area contributed by atoms with Crippen molar-refractivity contribution in [3.8, 4) is 0 Å². The van der Waals surface area contributed by atoms with E-state index in [-0.39, 0.29) is 18.8 Å². The van der Waals surface area contributed by atoms with Gasteiger partial charge in [0, 0.05) is 32.9 Å². The second kappa shape index (κ2) is 6.12. The molecule has 0 aromatic carbocycles. The molecule has 0 bridgehead atoms. The number of hydrogen-bond acceptors (Lipinski definition) is 5. The lowest BCUT2D eigenvalue weighted by molar-refractivity contribution is 0.0955. The topological polar surface area (TPSA) is 55.3 Å². The number of nitrogens with zero attached hydrogens (tertiary/aromatic N) is 3. The first-order valence-electron chi connectivity index (χ1n) is 4.73. The molecule has 1 heterocycles. The number of carbonyl (C=O) groups excluding carboxylic acids is 1. The van der Waals surface area contributed by atoms with Gasteiger partial charge in [-0.05, 0) is 12.2 Å². The zero-order chi connectivity index (χ0) is 12.0. The number of Topliss-reactive ketones (excluding diaryl/α,β-unsaturated/α-hetero) is 1. The van der Waals surface area contributed by atoms with E-state index in [4.69, 9.17) is 17.0 Å². The summed E-state index contributed by atoms with van der Waals surface area (Å²) in [4.78, 5) is 20.8. The van der Waals surface area contributed by atoms with Gasteiger partial charge in [-0.25, -0.2) is 9.97 Å². The molecule has 0 N–H and O–H groups in total. The number of thiocarbonyl (C=S) groups is 1. The highest BCUT2D eigenvalue weighted by Crippen LogP contribution is 2.00. The Hall–Kier alpha value is -1.56. The SMILES string of the molecule is CN(C)C(=S)OCCC(=O)c1cncnc1. The molecule has 0 aliphatic heterocycles. The molecule has 16 heavy (non-hydrogen) atoms. The van der Waals surface area contributed by atoms with Gasteiger partial charge in [0.05, 0.1) is 12.2 Å². The summed E-state index contributed by atoms with van der Waals surface area (Å²) < 4.78 is 5.19. The van der Waals surface area contributed by atoms with Gasteiger partial charge in [-0.3, -0.25) is 4.79 Å². The third-order valence-corrected chi connectivity index (χ3v) is 2.29. The minimum Gasteiger partial charge on any atom is -0.470 e. The second-order valence-corrected chi connectivity index (χ2v) is 3.66. The van der Waals surface area contributed by atoms with Crippen molar-refractivity contribution in [2.24, 2.45) is 0 Å². The largest absolute Gasteiger partial charge is 0.470 e. The second-order valence-electron chi connectivity index (χ2n) is 3.31. The molecule has 86 valence electrons. The Kier molecular flexibility index (Phi) is 4.78. The molecular formula is C10H13N3O2S. The van der Waals surface area contributed by atoms with Crippen molar-refractivity contribution in [3.05, 3.63) is 24.3 Å². The van der Waals surface area contributed by atoms with E-state index in [0.717, 1.165) is 0 Å². The first kappa shape index (κ1) is 12.5. The Labute approximate surface area is 99.5 Å². The summed E-state index contributed by atoms with van der Waals surface area (Å²) in [6.07, 6.45) is 4.62. The van der Waals surface area contributed by atoms with Crippen molar-refractivity contribution < 1.29 is 9.53 Å². The van der Waals surface area contributed by atoms with Crippen LogP contribution in [0.5, 0.6) is 0 Å². The van der Waals surface area contributed by atoms with Gasteiger partial charge in [-0.15, -0.1) is 0 Å². The monoisotopic (exact) mass is 239 g/mol. The molecule has 0 unspecified atom stereocenters. The zero-order valence-electron chi connectivity index (χ0n) is 9.21. The highest BCUT2D eigenvalue weighted by Gasteiger charge is 2.07. The van der Waals surface area contributed by atoms with Crippen molar-refractivity contribution in [2.75, 3.05) is 20.7 Å². The van der Waals surface area contributed by atoms with Crippen LogP contribution in [0.2, 0.25) is 0 Å². The van der Waals surface area contributed by atoms with Crippen molar-refractivity contribution >= 4 is 23.2 Å². The van der Waals surface area contributed by atoms with Gasteiger partial charge >= 0.3 is 0 Å². The van der Waals surface area contributed by atoms with Gasteiger partial charge < -0.3 is 9.64 Å². The zero-order valence-corrected chi connectivity index (χ0v) is 10.0. The van der Waals surface area contributed by atoms with E-state index >= 15 is 0 Å². The van der Waals surface area contributed by atoms with Crippen molar-refractivity contribution in [3.63, 3.8) is 0 Å². The van der Waals surface area contributed by atoms with E-state index in [0.29, 0.717) is 10.7 Å². The predicted molar refractivity (Wildman–Crippen MR) is 63.2 cm³/mol. The van der Waals surface area contributed by atoms with E-state index in [1.54, 1.807) is 19.0 Å². The molecule has 0 radical (unpaired) electrons. The molecule has 1 aromatic rings. The maximum Gasteiger partial charge on any atom is 0.258 e. The molecule has 0 spiro atoms. The van der Waals surface area contributed by atoms with Crippen molar-refractivity contribution in [1.29, 1.82) is 0 Å². The Morgan fingerprint density at radius 3 is 2.62 bits per heavy atom. The molecule has 1 aromatic heterocycles. The first-order chi connectivity index (χ1) is 7.61. The summed E-state index contributed by atoms with van der Waals surface area (Å²) in [7, 11) is 3.57. The molecule has 0 saturated carbocycles. The van der Waals surface area contributed by atoms with Gasteiger partial charge in [0.15, 0.2) is 5.78 Å². The van der Waals surface area contributed by atoms with Gasteiger partial charge in [0.2, 0.25) is 0 Å². The summed E-state index contributed by atoms with van der Waals surface area (Å²) in [6.45, 7) is 0.269. The number of aromatic nitrogens is 2. The predicted octanol–water partition coefficient (Wildman–Crippen LogP) is 0.912. The lowest BCUT2D eigenvalue weighted by Crippen LogP contribution is -2.23. The molecular weight excluding hydrogens is 226 g/mol. The summed E-state index contributed by atoms with van der Waals surface area (Å²) in [5.74, 6) is -0.0536. The maximum absolute atomic E-state index is 11.6. The normalized spacial score (nSPS) is 9.62. The van der Waals surface area contributed by atoms with Crippen molar-refractivity contribution in [1.82, 2.24) is 14.9 Å². The third kappa shape index (κ3) is 3.90. The molecule has 0 atom stereocenters. The number of ether oxygens (including phenoxy) is 1. The van der Waals surface area contributed by atoms with Crippen LogP contribution in [0.1, 0.15) is 16.8 Å². The third-order valence-electron chi connectivity index (χ3n) is 1.80. The van der Waals surface area contributed by atoms with Crippen LogP contribution in [0.4, 0.5) is 0 Å². The van der Waals surface area contributed by atoms with Crippen molar-refractivity contribution in [2.45, 2.75) is 6.42 Å². The fraction of sp³-hybridized carbons (Fsp3) is 0.400. The Bertz CT molecular complexity index is 368. The molecule has 0 amide bonds. The minimum atomic E-state index is -0.0536. The van der Waals surface area contributed by atoms with Crippen LogP contribution in [-0.2, 0) is 4.74 Å². The van der Waals surface area contributed by atoms with Crippen LogP contribution < -0.4 is 0 Å². The number of carbonyl (C=O) groups is 1. The minimum absolute atomic E-state index is 0.0536. The lowest BCUT2D eigenvalue weighted by Gasteiger charge is -2.13. The highest BCUT2D eigenvalue weighted by molar-refractivity contribution is 7.80. The smallest absolute Gasteiger partial charge is 0.258 e. The molecule has 6 heteroatoms. The number of rotatable bonds is 4. The number of hydrogen-bond donors (Lipinski definition) is 0. The van der Waals surface area contributed by atoms with E-state index in [1.807, 2.05) is 0 Å². The Morgan fingerprint density at radius 1 is 1.44 bits per heavy atom. The number of ketones is 1. The van der Waals surface area contributed by atoms with Crippen LogP contribution in [0.15, 0.2) is 18.7 Å².